The molecule has 1 aliphatic rings. The molecule has 9 aromatic carbocycles. The normalized spacial score (nSPS) is 12.0. The fourth-order valence-corrected chi connectivity index (χ4v) is 9.48. The van der Waals surface area contributed by atoms with Crippen molar-refractivity contribution in [1.82, 2.24) is 9.55 Å². The van der Waals surface area contributed by atoms with Crippen molar-refractivity contribution in [3.05, 3.63) is 194 Å². The number of hydrogen-bond donors (Lipinski definition) is 0. The summed E-state index contributed by atoms with van der Waals surface area (Å²) in [4.78, 5) is 4.39. The van der Waals surface area contributed by atoms with Gasteiger partial charge in [-0.2, -0.15) is 0 Å². The number of rotatable bonds is 4. The van der Waals surface area contributed by atoms with Crippen molar-refractivity contribution in [2.45, 2.75) is 0 Å². The molecular weight excluding hydrogens is 665 g/mol. The molecule has 0 saturated carbocycles. The Kier molecular flexibility index (Phi) is 6.37. The van der Waals surface area contributed by atoms with E-state index in [0.29, 0.717) is 0 Å². The van der Waals surface area contributed by atoms with Crippen LogP contribution in [0.3, 0.4) is 0 Å². The van der Waals surface area contributed by atoms with Gasteiger partial charge in [-0.05, 0) is 119 Å². The second-order valence-electron chi connectivity index (χ2n) is 14.7. The molecule has 12 rings (SSSR count). The highest BCUT2D eigenvalue weighted by Crippen LogP contribution is 2.58. The summed E-state index contributed by atoms with van der Waals surface area (Å²) in [6.45, 7) is 0. The van der Waals surface area contributed by atoms with Gasteiger partial charge in [-0.1, -0.05) is 146 Å². The lowest BCUT2D eigenvalue weighted by atomic mass is 9.82. The summed E-state index contributed by atoms with van der Waals surface area (Å²) in [6.07, 6.45) is 3.83. The van der Waals surface area contributed by atoms with Gasteiger partial charge < -0.3 is 4.57 Å². The Morgan fingerprint density at radius 3 is 1.65 bits per heavy atom. The SMILES string of the molecule is c1ccc(-c2c3c(c(-c4ccccc4)c4ccccc24)-c2ccc(-c4ccc(-n5c6ccccc6c6cc7cnccc7cc65)cc4)c4cccc-3c24)cc1. The predicted octanol–water partition coefficient (Wildman–Crippen LogP) is 14.3. The number of fused-ring (bicyclic) bond motifs is 8. The number of hydrogen-bond acceptors (Lipinski definition) is 1. The van der Waals surface area contributed by atoms with E-state index in [1.807, 2.05) is 12.4 Å². The van der Waals surface area contributed by atoms with Gasteiger partial charge in [0.05, 0.1) is 11.0 Å². The molecule has 0 fully saturated rings. The molecule has 0 amide bonds. The number of benzene rings is 9. The topological polar surface area (TPSA) is 17.8 Å². The summed E-state index contributed by atoms with van der Waals surface area (Å²) in [5.41, 5.74) is 16.3. The predicted molar refractivity (Wildman–Crippen MR) is 232 cm³/mol. The first-order chi connectivity index (χ1) is 27.3. The van der Waals surface area contributed by atoms with E-state index < -0.39 is 0 Å². The van der Waals surface area contributed by atoms with Crippen molar-refractivity contribution in [3.8, 4) is 61.3 Å². The largest absolute Gasteiger partial charge is 0.309 e. The third-order valence-electron chi connectivity index (χ3n) is 11.8. The number of pyridine rings is 1. The molecule has 0 spiro atoms. The van der Waals surface area contributed by atoms with Gasteiger partial charge >= 0.3 is 0 Å². The van der Waals surface area contributed by atoms with Gasteiger partial charge in [0, 0.05) is 34.2 Å². The molecule has 0 unspecified atom stereocenters. The van der Waals surface area contributed by atoms with Gasteiger partial charge in [0.15, 0.2) is 0 Å². The van der Waals surface area contributed by atoms with Crippen LogP contribution < -0.4 is 0 Å². The van der Waals surface area contributed by atoms with E-state index in [9.17, 15) is 0 Å². The van der Waals surface area contributed by atoms with Crippen molar-refractivity contribution in [1.29, 1.82) is 0 Å². The van der Waals surface area contributed by atoms with Crippen molar-refractivity contribution in [3.63, 3.8) is 0 Å². The molecule has 0 radical (unpaired) electrons. The zero-order chi connectivity index (χ0) is 36.0. The van der Waals surface area contributed by atoms with E-state index in [4.69, 9.17) is 0 Å². The van der Waals surface area contributed by atoms with Crippen LogP contribution in [0.2, 0.25) is 0 Å². The van der Waals surface area contributed by atoms with E-state index in [2.05, 4.69) is 192 Å². The van der Waals surface area contributed by atoms with Crippen LogP contribution in [0, 0.1) is 0 Å². The maximum atomic E-state index is 4.39. The standard InChI is InChI=1S/C53H32N2/c1-3-12-34(13-4-1)49-42-17-7-8-18-43(42)50(35-14-5-2-6-15-35)53-45-27-26-39(41-19-11-20-44(51(41)45)52(49)53)33-22-24-38(25-23-33)55-47-21-10-9-16-40(47)46-30-37-32-54-29-28-36(37)31-48(46)55/h1-32H. The van der Waals surface area contributed by atoms with Crippen LogP contribution in [0.5, 0.6) is 0 Å². The molecular formula is C53H32N2. The molecule has 2 heteroatoms. The van der Waals surface area contributed by atoms with Gasteiger partial charge in [0.2, 0.25) is 0 Å². The van der Waals surface area contributed by atoms with Gasteiger partial charge in [0.25, 0.3) is 0 Å². The highest BCUT2D eigenvalue weighted by Gasteiger charge is 2.31. The third-order valence-corrected chi connectivity index (χ3v) is 11.8. The van der Waals surface area contributed by atoms with Crippen molar-refractivity contribution >= 4 is 54.1 Å². The maximum Gasteiger partial charge on any atom is 0.0547 e. The molecule has 11 aromatic rings. The monoisotopic (exact) mass is 696 g/mol. The molecule has 0 aliphatic heterocycles. The van der Waals surface area contributed by atoms with Gasteiger partial charge in [0.1, 0.15) is 0 Å². The highest BCUT2D eigenvalue weighted by molar-refractivity contribution is 6.28. The molecule has 1 aliphatic carbocycles. The average Bonchev–Trinajstić information content (AvgIpc) is 3.76. The summed E-state index contributed by atoms with van der Waals surface area (Å²) in [5.74, 6) is 0. The molecule has 55 heavy (non-hydrogen) atoms. The van der Waals surface area contributed by atoms with Crippen LogP contribution in [0.25, 0.3) is 115 Å². The van der Waals surface area contributed by atoms with E-state index in [0.717, 1.165) is 11.1 Å². The second-order valence-corrected chi connectivity index (χ2v) is 14.7. The van der Waals surface area contributed by atoms with Gasteiger partial charge in [-0.15, -0.1) is 0 Å². The summed E-state index contributed by atoms with van der Waals surface area (Å²) in [6, 6.07) is 67.0. The first kappa shape index (κ1) is 30.2. The fourth-order valence-electron chi connectivity index (χ4n) is 9.48. The first-order valence-electron chi connectivity index (χ1n) is 19.0. The highest BCUT2D eigenvalue weighted by atomic mass is 15.0. The number of para-hydroxylation sites is 1. The van der Waals surface area contributed by atoms with Crippen molar-refractivity contribution < 1.29 is 0 Å². The second kappa shape index (κ2) is 11.6. The van der Waals surface area contributed by atoms with E-state index >= 15 is 0 Å². The summed E-state index contributed by atoms with van der Waals surface area (Å²) in [7, 11) is 0. The van der Waals surface area contributed by atoms with E-state index in [1.165, 1.54) is 104 Å². The molecule has 254 valence electrons. The van der Waals surface area contributed by atoms with Gasteiger partial charge in [-0.25, -0.2) is 0 Å². The Balaban J connectivity index is 1.08. The third kappa shape index (κ3) is 4.34. The van der Waals surface area contributed by atoms with Crippen LogP contribution in [-0.2, 0) is 0 Å². The summed E-state index contributed by atoms with van der Waals surface area (Å²) >= 11 is 0. The van der Waals surface area contributed by atoms with Crippen molar-refractivity contribution in [2.75, 3.05) is 0 Å². The van der Waals surface area contributed by atoms with Crippen LogP contribution in [0.4, 0.5) is 0 Å². The Bertz CT molecular complexity index is 3250. The van der Waals surface area contributed by atoms with E-state index in [-0.39, 0.29) is 0 Å². The lowest BCUT2D eigenvalue weighted by Gasteiger charge is -2.20. The maximum absolute atomic E-state index is 4.39. The lowest BCUT2D eigenvalue weighted by Crippen LogP contribution is -1.94. The molecule has 0 saturated heterocycles. The molecule has 2 aromatic heterocycles. The summed E-state index contributed by atoms with van der Waals surface area (Å²) < 4.78 is 2.40. The summed E-state index contributed by atoms with van der Waals surface area (Å²) in [5, 5.41) is 9.99. The van der Waals surface area contributed by atoms with Gasteiger partial charge in [-0.3, -0.25) is 4.98 Å². The van der Waals surface area contributed by atoms with E-state index in [1.54, 1.807) is 0 Å². The lowest BCUT2D eigenvalue weighted by molar-refractivity contribution is 1.18. The quantitative estimate of drug-likeness (QED) is 0.179. The first-order valence-corrected chi connectivity index (χ1v) is 19.0. The number of nitrogens with zero attached hydrogens (tertiary/aromatic N) is 2. The minimum Gasteiger partial charge on any atom is -0.309 e. The average molecular weight is 697 g/mol. The Hall–Kier alpha value is -7.29. The molecule has 0 N–H and O–H groups in total. The Morgan fingerprint density at radius 2 is 0.945 bits per heavy atom. The van der Waals surface area contributed by atoms with Crippen LogP contribution >= 0.6 is 0 Å². The Labute approximate surface area is 318 Å². The Morgan fingerprint density at radius 1 is 0.345 bits per heavy atom. The zero-order valence-electron chi connectivity index (χ0n) is 29.9. The van der Waals surface area contributed by atoms with Crippen LogP contribution in [0.15, 0.2) is 194 Å². The number of aromatic nitrogens is 2. The minimum atomic E-state index is 1.15. The molecule has 2 heterocycles. The molecule has 2 nitrogen and oxygen atoms in total. The zero-order valence-corrected chi connectivity index (χ0v) is 29.9. The smallest absolute Gasteiger partial charge is 0.0547 e. The minimum absolute atomic E-state index is 1.15. The fraction of sp³-hybridized carbons (Fsp3) is 0. The molecule has 0 bridgehead atoms. The molecule has 0 atom stereocenters. The van der Waals surface area contributed by atoms with Crippen LogP contribution in [-0.4, -0.2) is 9.55 Å². The van der Waals surface area contributed by atoms with Crippen molar-refractivity contribution in [2.24, 2.45) is 0 Å². The van der Waals surface area contributed by atoms with Crippen LogP contribution in [0.1, 0.15) is 0 Å².